The molecule has 1 amide bonds. The fourth-order valence-electron chi connectivity index (χ4n) is 7.45. The Morgan fingerprint density at radius 3 is 2.38 bits per heavy atom. The topological polar surface area (TPSA) is 138 Å². The number of methoxy groups -OCH3 is 1. The Bertz CT molecular complexity index is 2130. The number of aromatic nitrogens is 3. The van der Waals surface area contributed by atoms with Crippen LogP contribution in [0, 0.1) is 23.1 Å². The van der Waals surface area contributed by atoms with Crippen LogP contribution in [-0.4, -0.2) is 70.1 Å². The first kappa shape index (κ1) is 37.1. The second kappa shape index (κ2) is 14.2. The molecule has 0 saturated carbocycles. The van der Waals surface area contributed by atoms with E-state index in [0.717, 1.165) is 6.26 Å². The summed E-state index contributed by atoms with van der Waals surface area (Å²) in [6, 6.07) is 5.34. The molecule has 3 heterocycles. The van der Waals surface area contributed by atoms with E-state index in [4.69, 9.17) is 20.2 Å². The van der Waals surface area contributed by atoms with Crippen molar-refractivity contribution in [2.24, 2.45) is 5.73 Å². The Morgan fingerprint density at radius 2 is 1.78 bits per heavy atom. The summed E-state index contributed by atoms with van der Waals surface area (Å²) in [6.45, 7) is 13.2. The number of benzene rings is 2. The number of hydrogen-bond acceptors (Lipinski definition) is 9. The third-order valence-electron chi connectivity index (χ3n) is 9.74. The van der Waals surface area contributed by atoms with Crippen molar-refractivity contribution in [2.45, 2.75) is 82.2 Å². The molecular formula is C36H43F2N5O5SSi. The summed E-state index contributed by atoms with van der Waals surface area (Å²) in [5.41, 5.74) is 9.78. The van der Waals surface area contributed by atoms with Crippen molar-refractivity contribution in [3.05, 3.63) is 47.7 Å². The van der Waals surface area contributed by atoms with Crippen molar-refractivity contribution in [1.82, 2.24) is 15.0 Å². The second-order valence-electron chi connectivity index (χ2n) is 13.7. The van der Waals surface area contributed by atoms with E-state index in [1.54, 1.807) is 17.0 Å². The second-order valence-corrected chi connectivity index (χ2v) is 21.2. The van der Waals surface area contributed by atoms with Crippen LogP contribution < -0.4 is 15.4 Å². The van der Waals surface area contributed by atoms with Gasteiger partial charge in [0.15, 0.2) is 12.6 Å². The highest BCUT2D eigenvalue weighted by molar-refractivity contribution is 7.90. The number of amides is 1. The standard InChI is InChI=1S/C36H43F2N5O5SSi/c1-20(2)50(21(3)4,22(5)6)15-13-25-28(37)12-11-23-16-24(48-19-47-7)17-26(30(23)25)32-31(38)33-27(18-40-36(42-33)49(8,45)46)35(41-32)43-14-9-10-29(43)34(39)44/h11-12,16-18,20-22,29H,9-10,14,19H2,1-8H3,(H2,39,44)/t29-/m1/s1. The van der Waals surface area contributed by atoms with Gasteiger partial charge in [-0.3, -0.25) is 4.79 Å². The zero-order valence-corrected chi connectivity index (χ0v) is 31.4. The molecular weight excluding hydrogens is 681 g/mol. The molecule has 1 atom stereocenters. The van der Waals surface area contributed by atoms with Gasteiger partial charge in [-0.15, -0.1) is 5.54 Å². The molecule has 0 unspecified atom stereocenters. The number of hydrogen-bond donors (Lipinski definition) is 1. The Morgan fingerprint density at radius 1 is 1.10 bits per heavy atom. The molecule has 10 nitrogen and oxygen atoms in total. The van der Waals surface area contributed by atoms with Crippen molar-refractivity contribution >= 4 is 51.3 Å². The van der Waals surface area contributed by atoms with Gasteiger partial charge >= 0.3 is 0 Å². The van der Waals surface area contributed by atoms with Crippen LogP contribution in [0.3, 0.4) is 0 Å². The maximum Gasteiger partial charge on any atom is 0.247 e. The van der Waals surface area contributed by atoms with E-state index in [9.17, 15) is 13.2 Å². The summed E-state index contributed by atoms with van der Waals surface area (Å²) < 4.78 is 69.1. The summed E-state index contributed by atoms with van der Waals surface area (Å²) in [6.07, 6.45) is 3.15. The number of nitrogens with zero attached hydrogens (tertiary/aromatic N) is 4. The fraction of sp³-hybridized carbons (Fsp3) is 0.444. The number of nitrogens with two attached hydrogens (primary N) is 1. The normalized spacial score (nSPS) is 15.4. The molecule has 4 aromatic rings. The van der Waals surface area contributed by atoms with Gasteiger partial charge in [0.1, 0.15) is 42.7 Å². The lowest BCUT2D eigenvalue weighted by Gasteiger charge is -2.38. The predicted octanol–water partition coefficient (Wildman–Crippen LogP) is 6.53. The number of rotatable bonds is 10. The van der Waals surface area contributed by atoms with Crippen LogP contribution in [0.1, 0.15) is 59.9 Å². The minimum atomic E-state index is -3.95. The first-order chi connectivity index (χ1) is 23.5. The predicted molar refractivity (Wildman–Crippen MR) is 193 cm³/mol. The monoisotopic (exact) mass is 723 g/mol. The van der Waals surface area contributed by atoms with Gasteiger partial charge in [-0.2, -0.15) is 0 Å². The number of anilines is 1. The molecule has 266 valence electrons. The van der Waals surface area contributed by atoms with E-state index in [1.807, 2.05) is 0 Å². The first-order valence-electron chi connectivity index (χ1n) is 16.6. The molecule has 1 aliphatic rings. The molecule has 50 heavy (non-hydrogen) atoms. The molecule has 0 spiro atoms. The van der Waals surface area contributed by atoms with Gasteiger partial charge in [-0.05, 0) is 53.1 Å². The number of ether oxygens (including phenoxy) is 2. The lowest BCUT2D eigenvalue weighted by molar-refractivity contribution is -0.119. The number of halogens is 2. The lowest BCUT2D eigenvalue weighted by atomic mass is 9.95. The first-order valence-corrected chi connectivity index (χ1v) is 20.7. The molecule has 2 aromatic heterocycles. The highest BCUT2D eigenvalue weighted by Gasteiger charge is 2.42. The van der Waals surface area contributed by atoms with Gasteiger partial charge in [-0.1, -0.05) is 53.5 Å². The van der Waals surface area contributed by atoms with Crippen LogP contribution in [0.25, 0.3) is 32.9 Å². The van der Waals surface area contributed by atoms with E-state index >= 15 is 8.78 Å². The quantitative estimate of drug-likeness (QED) is 0.0838. The average Bonchev–Trinajstić information content (AvgIpc) is 3.54. The molecule has 1 aliphatic heterocycles. The maximum atomic E-state index is 17.0. The van der Waals surface area contributed by atoms with Crippen molar-refractivity contribution < 1.29 is 31.5 Å². The molecule has 5 rings (SSSR count). The molecule has 2 aromatic carbocycles. The van der Waals surface area contributed by atoms with Gasteiger partial charge in [0, 0.05) is 37.1 Å². The molecule has 14 heteroatoms. The third-order valence-corrected chi connectivity index (χ3v) is 16.9. The summed E-state index contributed by atoms with van der Waals surface area (Å²) in [7, 11) is -4.83. The third kappa shape index (κ3) is 6.66. The van der Waals surface area contributed by atoms with Crippen LogP contribution >= 0.6 is 0 Å². The lowest BCUT2D eigenvalue weighted by Crippen LogP contribution is -2.43. The number of sulfone groups is 1. The summed E-state index contributed by atoms with van der Waals surface area (Å²) in [5, 5.41) is 0.305. The van der Waals surface area contributed by atoms with Gasteiger partial charge in [0.05, 0.1) is 10.9 Å². The van der Waals surface area contributed by atoms with Crippen molar-refractivity contribution in [1.29, 1.82) is 0 Å². The zero-order valence-electron chi connectivity index (χ0n) is 29.6. The Hall–Kier alpha value is -4.19. The average molecular weight is 724 g/mol. The zero-order chi connectivity index (χ0) is 36.7. The van der Waals surface area contributed by atoms with Gasteiger partial charge in [-0.25, -0.2) is 32.2 Å². The van der Waals surface area contributed by atoms with Crippen molar-refractivity contribution in [2.75, 3.05) is 31.6 Å². The Labute approximate surface area is 292 Å². The van der Waals surface area contributed by atoms with Crippen LogP contribution in [0.5, 0.6) is 5.75 Å². The van der Waals surface area contributed by atoms with Crippen molar-refractivity contribution in [3.63, 3.8) is 0 Å². The van der Waals surface area contributed by atoms with E-state index in [1.165, 1.54) is 25.4 Å². The Balaban J connectivity index is 1.94. The van der Waals surface area contributed by atoms with Crippen LogP contribution in [-0.2, 0) is 19.4 Å². The highest BCUT2D eigenvalue weighted by atomic mass is 32.2. The minimum Gasteiger partial charge on any atom is -0.468 e. The number of carbonyl (C=O) groups is 1. The largest absolute Gasteiger partial charge is 0.468 e. The van der Waals surface area contributed by atoms with E-state index in [-0.39, 0.29) is 62.7 Å². The molecule has 0 bridgehead atoms. The molecule has 0 aliphatic carbocycles. The molecule has 0 radical (unpaired) electrons. The highest BCUT2D eigenvalue weighted by Crippen LogP contribution is 2.43. The fourth-order valence-corrected chi connectivity index (χ4v) is 13.2. The van der Waals surface area contributed by atoms with Crippen LogP contribution in [0.4, 0.5) is 14.6 Å². The number of primary amides is 1. The minimum absolute atomic E-state index is 0.0770. The maximum absolute atomic E-state index is 17.0. The van der Waals surface area contributed by atoms with E-state index in [0.29, 0.717) is 30.2 Å². The SMILES string of the molecule is COCOc1cc(-c2nc(N3CCC[C@@H]3C(N)=O)c3cnc(S(C)(=O)=O)nc3c2F)c2c(C#C[Si](C(C)C)(C(C)C)C(C)C)c(F)ccc2c1. The van der Waals surface area contributed by atoms with Crippen molar-refractivity contribution in [3.8, 4) is 28.5 Å². The van der Waals surface area contributed by atoms with Gasteiger partial charge in [0.25, 0.3) is 0 Å². The van der Waals surface area contributed by atoms with Crippen LogP contribution in [0.15, 0.2) is 35.6 Å². The van der Waals surface area contributed by atoms with Crippen LogP contribution in [0.2, 0.25) is 16.6 Å². The summed E-state index contributed by atoms with van der Waals surface area (Å²) in [4.78, 5) is 27.1. The smallest absolute Gasteiger partial charge is 0.247 e. The molecule has 1 fully saturated rings. The number of fused-ring (bicyclic) bond motifs is 2. The van der Waals surface area contributed by atoms with E-state index in [2.05, 4.69) is 63.0 Å². The summed E-state index contributed by atoms with van der Waals surface area (Å²) >= 11 is 0. The van der Waals surface area contributed by atoms with Gasteiger partial charge < -0.3 is 20.1 Å². The van der Waals surface area contributed by atoms with Gasteiger partial charge in [0.2, 0.25) is 20.9 Å². The molecule has 2 N–H and O–H groups in total. The Kier molecular flexibility index (Phi) is 10.5. The number of pyridine rings is 1. The molecule has 1 saturated heterocycles. The number of carbonyl (C=O) groups excluding carboxylic acids is 1. The van der Waals surface area contributed by atoms with E-state index < -0.39 is 46.7 Å². The summed E-state index contributed by atoms with van der Waals surface area (Å²) in [5.74, 6) is 1.52.